The Balaban J connectivity index is 1.51. The fraction of sp³-hybridized carbons (Fsp3) is 0.348. The monoisotopic (exact) mass is 449 g/mol. The summed E-state index contributed by atoms with van der Waals surface area (Å²) in [5, 5.41) is 21.4. The number of nitro benzene ring substituents is 1. The maximum Gasteiger partial charge on any atom is 0.293 e. The van der Waals surface area contributed by atoms with Gasteiger partial charge in [0.2, 0.25) is 0 Å². The fourth-order valence-corrected chi connectivity index (χ4v) is 4.36. The van der Waals surface area contributed by atoms with Crippen molar-refractivity contribution in [2.24, 2.45) is 17.6 Å². The number of nitrogens with zero attached hydrogens (tertiary/aromatic N) is 4. The number of benzene rings is 2. The van der Waals surface area contributed by atoms with E-state index in [9.17, 15) is 14.9 Å². The van der Waals surface area contributed by atoms with E-state index >= 15 is 0 Å². The zero-order valence-electron chi connectivity index (χ0n) is 18.6. The second-order valence-electron chi connectivity index (χ2n) is 8.65. The Morgan fingerprint density at radius 2 is 1.91 bits per heavy atom. The molecule has 0 radical (unpaired) electrons. The van der Waals surface area contributed by atoms with Gasteiger partial charge in [0, 0.05) is 36.0 Å². The molecule has 4 rings (SSSR count). The number of hydrogen-bond acceptors (Lipinski definition) is 7. The molecule has 3 aromatic rings. The second kappa shape index (κ2) is 9.37. The highest BCUT2D eigenvalue weighted by molar-refractivity contribution is 6.05. The van der Waals surface area contributed by atoms with Crippen molar-refractivity contribution in [1.82, 2.24) is 15.2 Å². The molecule has 1 aliphatic rings. The average Bonchev–Trinajstić information content (AvgIpc) is 3.28. The van der Waals surface area contributed by atoms with Gasteiger partial charge in [0.05, 0.1) is 11.5 Å². The molecular weight excluding hydrogens is 422 g/mol. The van der Waals surface area contributed by atoms with Crippen molar-refractivity contribution in [3.63, 3.8) is 0 Å². The molecule has 0 spiro atoms. The first-order chi connectivity index (χ1) is 15.8. The van der Waals surface area contributed by atoms with Crippen molar-refractivity contribution in [2.75, 3.05) is 23.3 Å². The molecule has 1 fully saturated rings. The molecule has 1 aromatic heterocycles. The van der Waals surface area contributed by atoms with Crippen LogP contribution in [0.15, 0.2) is 42.5 Å². The molecule has 10 nitrogen and oxygen atoms in total. The Morgan fingerprint density at radius 3 is 2.52 bits per heavy atom. The normalized spacial score (nSPS) is 18.2. The van der Waals surface area contributed by atoms with Crippen LogP contribution in [0.1, 0.15) is 36.5 Å². The highest BCUT2D eigenvalue weighted by Crippen LogP contribution is 2.34. The third-order valence-corrected chi connectivity index (χ3v) is 5.77. The van der Waals surface area contributed by atoms with Crippen LogP contribution in [-0.2, 0) is 6.54 Å². The van der Waals surface area contributed by atoms with Crippen molar-refractivity contribution >= 4 is 23.0 Å². The summed E-state index contributed by atoms with van der Waals surface area (Å²) in [5.74, 6) is 1.60. The number of aromatic nitrogens is 3. The van der Waals surface area contributed by atoms with Gasteiger partial charge in [0.15, 0.2) is 5.82 Å². The van der Waals surface area contributed by atoms with Crippen molar-refractivity contribution in [3.05, 3.63) is 64.0 Å². The Kier molecular flexibility index (Phi) is 6.36. The summed E-state index contributed by atoms with van der Waals surface area (Å²) in [7, 11) is 0. The number of amides is 1. The molecule has 0 bridgehead atoms. The number of nitrogens with one attached hydrogen (secondary N) is 2. The molecule has 2 unspecified atom stereocenters. The third kappa shape index (κ3) is 5.01. The van der Waals surface area contributed by atoms with E-state index in [0.29, 0.717) is 34.9 Å². The number of anilines is 2. The summed E-state index contributed by atoms with van der Waals surface area (Å²) in [6.45, 7) is 6.10. The van der Waals surface area contributed by atoms with Crippen LogP contribution in [-0.4, -0.2) is 39.1 Å². The van der Waals surface area contributed by atoms with E-state index in [1.807, 2.05) is 0 Å². The molecule has 2 heterocycles. The van der Waals surface area contributed by atoms with Crippen LogP contribution >= 0.6 is 0 Å². The largest absolute Gasteiger partial charge is 0.365 e. The molecule has 0 saturated carbocycles. The molecule has 0 aliphatic carbocycles. The van der Waals surface area contributed by atoms with E-state index in [4.69, 9.17) is 5.73 Å². The predicted molar refractivity (Wildman–Crippen MR) is 126 cm³/mol. The SMILES string of the molecule is CC1CC(C)CN(c2ccc(C(=O)Nc3ccc(-c4n[nH]c(CN)n4)cc3)cc2[N+](=O)[O-])C1. The van der Waals surface area contributed by atoms with Crippen molar-refractivity contribution in [2.45, 2.75) is 26.8 Å². The summed E-state index contributed by atoms with van der Waals surface area (Å²) >= 11 is 0. The van der Waals surface area contributed by atoms with Crippen LogP contribution in [0.5, 0.6) is 0 Å². The van der Waals surface area contributed by atoms with Gasteiger partial charge in [-0.1, -0.05) is 13.8 Å². The molecule has 4 N–H and O–H groups in total. The minimum absolute atomic E-state index is 0.0559. The van der Waals surface area contributed by atoms with Gasteiger partial charge in [0.25, 0.3) is 11.6 Å². The number of carbonyl (C=O) groups excluding carboxylic acids is 1. The first kappa shape index (κ1) is 22.4. The Hall–Kier alpha value is -3.79. The standard InChI is InChI=1S/C23H27N7O3/c1-14-9-15(2)13-29(12-14)19-8-5-17(10-20(19)30(32)33)23(31)25-18-6-3-16(4-7-18)22-26-21(11-24)27-28-22/h3-8,10,14-15H,9,11-13,24H2,1-2H3,(H,25,31)(H,26,27,28). The Morgan fingerprint density at radius 1 is 1.21 bits per heavy atom. The number of nitro groups is 1. The lowest BCUT2D eigenvalue weighted by Gasteiger charge is -2.36. The first-order valence-corrected chi connectivity index (χ1v) is 10.9. The average molecular weight is 450 g/mol. The summed E-state index contributed by atoms with van der Waals surface area (Å²) in [5.41, 5.74) is 7.61. The van der Waals surface area contributed by atoms with Crippen molar-refractivity contribution in [3.8, 4) is 11.4 Å². The zero-order chi connectivity index (χ0) is 23.5. The summed E-state index contributed by atoms with van der Waals surface area (Å²) in [6.07, 6.45) is 1.11. The molecule has 172 valence electrons. The van der Waals surface area contributed by atoms with Crippen molar-refractivity contribution < 1.29 is 9.72 Å². The second-order valence-corrected chi connectivity index (χ2v) is 8.65. The third-order valence-electron chi connectivity index (χ3n) is 5.77. The number of rotatable bonds is 6. The van der Waals surface area contributed by atoms with E-state index in [0.717, 1.165) is 25.1 Å². The van der Waals surface area contributed by atoms with Gasteiger partial charge in [0.1, 0.15) is 11.5 Å². The minimum atomic E-state index is -0.419. The fourth-order valence-electron chi connectivity index (χ4n) is 4.36. The van der Waals surface area contributed by atoms with Crippen LogP contribution in [0.2, 0.25) is 0 Å². The highest BCUT2D eigenvalue weighted by Gasteiger charge is 2.28. The van der Waals surface area contributed by atoms with E-state index in [1.54, 1.807) is 36.4 Å². The van der Waals surface area contributed by atoms with E-state index in [2.05, 4.69) is 39.2 Å². The smallest absolute Gasteiger partial charge is 0.293 e. The molecule has 33 heavy (non-hydrogen) atoms. The van der Waals surface area contributed by atoms with E-state index in [1.165, 1.54) is 6.07 Å². The zero-order valence-corrected chi connectivity index (χ0v) is 18.6. The van der Waals surface area contributed by atoms with Gasteiger partial charge in [-0.15, -0.1) is 0 Å². The van der Waals surface area contributed by atoms with Gasteiger partial charge >= 0.3 is 0 Å². The predicted octanol–water partition coefficient (Wildman–Crippen LogP) is 3.57. The lowest BCUT2D eigenvalue weighted by atomic mass is 9.91. The van der Waals surface area contributed by atoms with Gasteiger partial charge < -0.3 is 16.0 Å². The van der Waals surface area contributed by atoms with Crippen LogP contribution in [0.25, 0.3) is 11.4 Å². The van der Waals surface area contributed by atoms with Gasteiger partial charge in [-0.05, 0) is 54.7 Å². The maximum absolute atomic E-state index is 12.8. The number of carbonyl (C=O) groups is 1. The van der Waals surface area contributed by atoms with Crippen LogP contribution < -0.4 is 16.0 Å². The van der Waals surface area contributed by atoms with Crippen LogP contribution in [0.3, 0.4) is 0 Å². The molecule has 1 aliphatic heterocycles. The van der Waals surface area contributed by atoms with Gasteiger partial charge in [-0.3, -0.25) is 20.0 Å². The molecule has 1 amide bonds. The topological polar surface area (TPSA) is 143 Å². The van der Waals surface area contributed by atoms with Crippen LogP contribution in [0.4, 0.5) is 17.1 Å². The lowest BCUT2D eigenvalue weighted by Crippen LogP contribution is -2.39. The molecule has 10 heteroatoms. The quantitative estimate of drug-likeness (QED) is 0.385. The van der Waals surface area contributed by atoms with Crippen LogP contribution in [0, 0.1) is 22.0 Å². The van der Waals surface area contributed by atoms with Crippen molar-refractivity contribution in [1.29, 1.82) is 0 Å². The number of H-pyrrole nitrogens is 1. The molecular formula is C23H27N7O3. The first-order valence-electron chi connectivity index (χ1n) is 10.9. The van der Waals surface area contributed by atoms with Gasteiger partial charge in [-0.25, -0.2) is 4.98 Å². The number of hydrogen-bond donors (Lipinski definition) is 3. The number of nitrogens with two attached hydrogens (primary N) is 1. The molecule has 2 aromatic carbocycles. The summed E-state index contributed by atoms with van der Waals surface area (Å²) < 4.78 is 0. The van der Waals surface area contributed by atoms with Gasteiger partial charge in [-0.2, -0.15) is 5.10 Å². The summed E-state index contributed by atoms with van der Waals surface area (Å²) in [6, 6.07) is 11.7. The van der Waals surface area contributed by atoms with E-state index < -0.39 is 10.8 Å². The maximum atomic E-state index is 12.8. The Labute approximate surface area is 191 Å². The number of piperidine rings is 1. The lowest BCUT2D eigenvalue weighted by molar-refractivity contribution is -0.384. The molecule has 2 atom stereocenters. The highest BCUT2D eigenvalue weighted by atomic mass is 16.6. The molecule has 1 saturated heterocycles. The number of aromatic amines is 1. The minimum Gasteiger partial charge on any atom is -0.365 e. The van der Waals surface area contributed by atoms with E-state index in [-0.39, 0.29) is 17.8 Å². The Bertz CT molecular complexity index is 1150. The summed E-state index contributed by atoms with van der Waals surface area (Å²) in [4.78, 5) is 30.5.